The molecule has 0 aliphatic carbocycles. The zero-order chi connectivity index (χ0) is 17.3. The largest absolute Gasteiger partial charge is 0.469 e. The predicted molar refractivity (Wildman–Crippen MR) is 90.0 cm³/mol. The molecule has 0 spiro atoms. The first kappa shape index (κ1) is 21.1. The first-order valence-electron chi connectivity index (χ1n) is 7.91. The molecule has 0 saturated heterocycles. The molecule has 0 saturated carbocycles. The lowest BCUT2D eigenvalue weighted by Gasteiger charge is -2.12. The van der Waals surface area contributed by atoms with Gasteiger partial charge in [0.1, 0.15) is 0 Å². The summed E-state index contributed by atoms with van der Waals surface area (Å²) in [7, 11) is 1.39. The number of hydrogen-bond donors (Lipinski definition) is 2. The molecule has 0 aliphatic heterocycles. The second-order valence-electron chi connectivity index (χ2n) is 4.94. The van der Waals surface area contributed by atoms with Gasteiger partial charge in [0.25, 0.3) is 0 Å². The van der Waals surface area contributed by atoms with Crippen LogP contribution in [-0.2, 0) is 9.53 Å². The molecular formula is C19H26O4. The van der Waals surface area contributed by atoms with Crippen molar-refractivity contribution in [1.82, 2.24) is 0 Å². The van der Waals surface area contributed by atoms with Crippen LogP contribution < -0.4 is 0 Å². The van der Waals surface area contributed by atoms with Crippen LogP contribution in [0.4, 0.5) is 0 Å². The summed E-state index contributed by atoms with van der Waals surface area (Å²) in [4.78, 5) is 10.9. The molecule has 0 radical (unpaired) electrons. The lowest BCUT2D eigenvalue weighted by atomic mass is 10.1. The molecule has 23 heavy (non-hydrogen) atoms. The van der Waals surface area contributed by atoms with Crippen LogP contribution in [0.5, 0.6) is 0 Å². The van der Waals surface area contributed by atoms with E-state index in [1.165, 1.54) is 7.11 Å². The number of carbonyl (C=O) groups excluding carboxylic acids is 1. The minimum Gasteiger partial charge on any atom is -0.469 e. The standard InChI is InChI=1S/C19H26O4/c1-3-17(20)18(21)15-13-11-9-7-5-4-6-8-10-12-14-16-19(22)23-2/h17-18,20-21H,3-4,9-10,12,14-16H2,1-2H3/t17-,18-/m0/s1. The number of esters is 1. The maximum atomic E-state index is 10.9. The van der Waals surface area contributed by atoms with Crippen LogP contribution in [0.15, 0.2) is 0 Å². The Morgan fingerprint density at radius 1 is 0.957 bits per heavy atom. The second kappa shape index (κ2) is 15.0. The van der Waals surface area contributed by atoms with Crippen molar-refractivity contribution in [2.24, 2.45) is 0 Å². The molecule has 0 amide bonds. The SMILES string of the molecule is CC[C@H](O)[C@@H](O)CC#CCC#CCC#CCCCCC(=O)OC. The van der Waals surface area contributed by atoms with E-state index in [9.17, 15) is 15.0 Å². The van der Waals surface area contributed by atoms with Crippen LogP contribution in [0.2, 0.25) is 0 Å². The Morgan fingerprint density at radius 3 is 2.17 bits per heavy atom. The summed E-state index contributed by atoms with van der Waals surface area (Å²) in [6.07, 6.45) is 3.12. The molecule has 0 fully saturated rings. The first-order chi connectivity index (χ1) is 11.1. The summed E-state index contributed by atoms with van der Waals surface area (Å²) in [5.74, 6) is 17.2. The molecule has 0 unspecified atom stereocenters. The van der Waals surface area contributed by atoms with Gasteiger partial charge in [-0.2, -0.15) is 0 Å². The Hall–Kier alpha value is -1.93. The number of methoxy groups -OCH3 is 1. The van der Waals surface area contributed by atoms with Gasteiger partial charge in [0, 0.05) is 19.3 Å². The number of carbonyl (C=O) groups is 1. The molecule has 0 bridgehead atoms. The number of aliphatic hydroxyl groups excluding tert-OH is 2. The van der Waals surface area contributed by atoms with Gasteiger partial charge < -0.3 is 14.9 Å². The van der Waals surface area contributed by atoms with Crippen molar-refractivity contribution in [2.45, 2.75) is 70.5 Å². The fraction of sp³-hybridized carbons (Fsp3) is 0.632. The van der Waals surface area contributed by atoms with E-state index in [-0.39, 0.29) is 12.4 Å². The summed E-state index contributed by atoms with van der Waals surface area (Å²) in [6.45, 7) is 1.81. The molecule has 0 aromatic carbocycles. The Morgan fingerprint density at radius 2 is 1.57 bits per heavy atom. The van der Waals surface area contributed by atoms with Crippen molar-refractivity contribution >= 4 is 5.97 Å². The summed E-state index contributed by atoms with van der Waals surface area (Å²) in [5.41, 5.74) is 0. The maximum Gasteiger partial charge on any atom is 0.305 e. The van der Waals surface area contributed by atoms with Gasteiger partial charge in [-0.25, -0.2) is 0 Å². The fourth-order valence-electron chi connectivity index (χ4n) is 1.60. The van der Waals surface area contributed by atoms with Gasteiger partial charge in [0.05, 0.1) is 32.2 Å². The van der Waals surface area contributed by atoms with E-state index >= 15 is 0 Å². The van der Waals surface area contributed by atoms with Gasteiger partial charge in [0.15, 0.2) is 0 Å². The van der Waals surface area contributed by atoms with Crippen molar-refractivity contribution in [3.63, 3.8) is 0 Å². The first-order valence-corrected chi connectivity index (χ1v) is 7.91. The van der Waals surface area contributed by atoms with Crippen LogP contribution in [0, 0.1) is 35.5 Å². The Kier molecular flexibility index (Phi) is 13.7. The minimum absolute atomic E-state index is 0.179. The van der Waals surface area contributed by atoms with Gasteiger partial charge in [-0.05, 0) is 19.3 Å². The maximum absolute atomic E-state index is 10.9. The molecule has 2 N–H and O–H groups in total. The third-order valence-electron chi connectivity index (χ3n) is 3.06. The fourth-order valence-corrected chi connectivity index (χ4v) is 1.60. The van der Waals surface area contributed by atoms with Gasteiger partial charge in [-0.3, -0.25) is 4.79 Å². The van der Waals surface area contributed by atoms with E-state index in [1.807, 2.05) is 6.92 Å². The highest BCUT2D eigenvalue weighted by molar-refractivity contribution is 5.68. The Labute approximate surface area is 139 Å². The molecule has 2 atom stereocenters. The van der Waals surface area contributed by atoms with Crippen LogP contribution >= 0.6 is 0 Å². The lowest BCUT2D eigenvalue weighted by Crippen LogP contribution is -2.24. The normalized spacial score (nSPS) is 11.7. The summed E-state index contributed by atoms with van der Waals surface area (Å²) < 4.78 is 4.55. The Balaban J connectivity index is 3.68. The molecule has 0 aliphatic rings. The van der Waals surface area contributed by atoms with Crippen molar-refractivity contribution < 1.29 is 19.7 Å². The summed E-state index contributed by atoms with van der Waals surface area (Å²) in [6, 6.07) is 0. The number of rotatable bonds is 7. The molecule has 4 nitrogen and oxygen atoms in total. The molecule has 0 aromatic heterocycles. The number of ether oxygens (including phenoxy) is 1. The highest BCUT2D eigenvalue weighted by Crippen LogP contribution is 2.01. The van der Waals surface area contributed by atoms with Crippen molar-refractivity contribution in [3.05, 3.63) is 0 Å². The van der Waals surface area contributed by atoms with E-state index in [2.05, 4.69) is 40.3 Å². The average molecular weight is 318 g/mol. The van der Waals surface area contributed by atoms with E-state index < -0.39 is 12.2 Å². The molecular weight excluding hydrogens is 292 g/mol. The number of unbranched alkanes of at least 4 members (excludes halogenated alkanes) is 2. The number of aliphatic hydroxyl groups is 2. The Bertz CT molecular complexity index is 505. The zero-order valence-electron chi connectivity index (χ0n) is 14.0. The monoisotopic (exact) mass is 318 g/mol. The lowest BCUT2D eigenvalue weighted by molar-refractivity contribution is -0.140. The van der Waals surface area contributed by atoms with Crippen LogP contribution in [0.1, 0.15) is 58.3 Å². The third kappa shape index (κ3) is 13.5. The summed E-state index contributed by atoms with van der Waals surface area (Å²) >= 11 is 0. The molecule has 0 heterocycles. The van der Waals surface area contributed by atoms with Gasteiger partial charge in [-0.1, -0.05) is 36.5 Å². The van der Waals surface area contributed by atoms with Crippen molar-refractivity contribution in [2.75, 3.05) is 7.11 Å². The van der Waals surface area contributed by atoms with Crippen LogP contribution in [0.3, 0.4) is 0 Å². The topological polar surface area (TPSA) is 66.8 Å². The van der Waals surface area contributed by atoms with Gasteiger partial charge in [-0.15, -0.1) is 5.92 Å². The van der Waals surface area contributed by atoms with E-state index in [1.54, 1.807) is 0 Å². The molecule has 126 valence electrons. The zero-order valence-corrected chi connectivity index (χ0v) is 14.0. The molecule has 0 rings (SSSR count). The smallest absolute Gasteiger partial charge is 0.305 e. The highest BCUT2D eigenvalue weighted by Gasteiger charge is 2.11. The quantitative estimate of drug-likeness (QED) is 0.428. The second-order valence-corrected chi connectivity index (χ2v) is 4.94. The minimum atomic E-state index is -0.787. The third-order valence-corrected chi connectivity index (χ3v) is 3.06. The van der Waals surface area contributed by atoms with Gasteiger partial charge in [0.2, 0.25) is 0 Å². The van der Waals surface area contributed by atoms with Crippen LogP contribution in [-0.4, -0.2) is 35.5 Å². The van der Waals surface area contributed by atoms with Crippen molar-refractivity contribution in [1.29, 1.82) is 0 Å². The predicted octanol–water partition coefficient (Wildman–Crippen LogP) is 2.03. The molecule has 4 heteroatoms. The van der Waals surface area contributed by atoms with E-state index in [0.29, 0.717) is 25.7 Å². The van der Waals surface area contributed by atoms with Gasteiger partial charge >= 0.3 is 5.97 Å². The van der Waals surface area contributed by atoms with E-state index in [4.69, 9.17) is 0 Å². The van der Waals surface area contributed by atoms with Crippen LogP contribution in [0.25, 0.3) is 0 Å². The summed E-state index contributed by atoms with van der Waals surface area (Å²) in [5, 5.41) is 18.9. The average Bonchev–Trinajstić information content (AvgIpc) is 2.57. The van der Waals surface area contributed by atoms with E-state index in [0.717, 1.165) is 19.3 Å². The highest BCUT2D eigenvalue weighted by atomic mass is 16.5. The van der Waals surface area contributed by atoms with Crippen molar-refractivity contribution in [3.8, 4) is 35.5 Å². The number of hydrogen-bond acceptors (Lipinski definition) is 4. The molecule has 0 aromatic rings.